The fourth-order valence-corrected chi connectivity index (χ4v) is 12.3. The molecule has 2 aliphatic carbocycles. The first-order chi connectivity index (χ1) is 27.6. The highest BCUT2D eigenvalue weighted by atomic mass is 19.4. The fourth-order valence-electron chi connectivity index (χ4n) is 12.3. The normalized spacial score (nSPS) is 49.2. The molecule has 16 atom stereocenters. The van der Waals surface area contributed by atoms with Gasteiger partial charge in [-0.05, 0) is 83.0 Å². The number of ether oxygens (including phenoxy) is 7. The Morgan fingerprint density at radius 3 is 1.44 bits per heavy atom. The summed E-state index contributed by atoms with van der Waals surface area (Å²) in [6.45, 7) is 9.35. The number of hydrogen-bond donors (Lipinski definition) is 0. The zero-order valence-corrected chi connectivity index (χ0v) is 34.8. The molecule has 2 spiro atoms. The van der Waals surface area contributed by atoms with Crippen LogP contribution >= 0.6 is 0 Å². The summed E-state index contributed by atoms with van der Waals surface area (Å²) in [5, 5.41) is 0. The molecule has 0 aromatic heterocycles. The molecule has 0 unspecified atom stereocenters. The van der Waals surface area contributed by atoms with Gasteiger partial charge in [-0.15, -0.1) is 0 Å². The summed E-state index contributed by atoms with van der Waals surface area (Å²) in [7, 11) is 0. The molecule has 338 valence electrons. The van der Waals surface area contributed by atoms with Crippen molar-refractivity contribution < 1.29 is 83.8 Å². The smallest absolute Gasteiger partial charge is 0.443 e. The first-order valence-electron chi connectivity index (χ1n) is 21.3. The SMILES string of the molecule is CCOC(=O)CN(CCO[C@@]1(C(F)(F)F)O[C@@H]2O[C@]3(C)CC[C@H]4[C@H](C)CC[C@@H]([C@H]1C)[C@@]24OO3)CCO[C@@]1(C(F)(F)F)O[C@@H]2O[C@]3(C)CC[C@H]4[C@H](C)CC[C@@H]([C@H]1C)[C@@]24OO3. The Morgan fingerprint density at radius 1 is 0.627 bits per heavy atom. The minimum atomic E-state index is -5.05. The van der Waals surface area contributed by atoms with Crippen LogP contribution in [0.15, 0.2) is 0 Å². The highest BCUT2D eigenvalue weighted by Crippen LogP contribution is 2.66. The van der Waals surface area contributed by atoms with Crippen LogP contribution in [-0.4, -0.2) is 110 Å². The Balaban J connectivity index is 1.01. The summed E-state index contributed by atoms with van der Waals surface area (Å²) in [4.78, 5) is 37.7. The van der Waals surface area contributed by atoms with Crippen molar-refractivity contribution in [3.05, 3.63) is 0 Å². The Hall–Kier alpha value is -1.39. The lowest BCUT2D eigenvalue weighted by Gasteiger charge is -2.63. The summed E-state index contributed by atoms with van der Waals surface area (Å²) in [6, 6.07) is 0. The molecule has 2 saturated carbocycles. The van der Waals surface area contributed by atoms with Crippen LogP contribution in [0.2, 0.25) is 0 Å². The minimum absolute atomic E-state index is 0.00837. The number of esters is 1. The number of carbonyl (C=O) groups excluding carboxylic acids is 1. The molecule has 10 rings (SSSR count). The molecule has 8 heterocycles. The molecular formula is C40H59F6NO12. The molecule has 0 radical (unpaired) electrons. The molecule has 10 fully saturated rings. The third kappa shape index (κ3) is 6.80. The monoisotopic (exact) mass is 859 g/mol. The zero-order chi connectivity index (χ0) is 42.6. The van der Waals surface area contributed by atoms with E-state index in [0.29, 0.717) is 51.4 Å². The molecule has 0 amide bonds. The lowest BCUT2D eigenvalue weighted by molar-refractivity contribution is -0.599. The molecule has 19 heteroatoms. The second kappa shape index (κ2) is 15.1. The molecule has 8 aliphatic heterocycles. The van der Waals surface area contributed by atoms with Crippen molar-refractivity contribution in [2.24, 2.45) is 47.3 Å². The topological polar surface area (TPSA) is 122 Å². The molecule has 0 N–H and O–H groups in total. The average molecular weight is 860 g/mol. The lowest BCUT2D eigenvalue weighted by Crippen LogP contribution is -2.76. The van der Waals surface area contributed by atoms with Crippen molar-refractivity contribution in [2.45, 2.75) is 159 Å². The molecular weight excluding hydrogens is 800 g/mol. The maximum absolute atomic E-state index is 15.5. The van der Waals surface area contributed by atoms with Gasteiger partial charge < -0.3 is 33.2 Å². The van der Waals surface area contributed by atoms with E-state index in [0.717, 1.165) is 0 Å². The number of halogens is 6. The Labute approximate surface area is 340 Å². The van der Waals surface area contributed by atoms with Crippen LogP contribution in [0.25, 0.3) is 0 Å². The van der Waals surface area contributed by atoms with Crippen LogP contribution in [-0.2, 0) is 57.5 Å². The number of alkyl halides is 6. The van der Waals surface area contributed by atoms with Crippen molar-refractivity contribution >= 4 is 5.97 Å². The predicted molar refractivity (Wildman–Crippen MR) is 189 cm³/mol. The van der Waals surface area contributed by atoms with E-state index in [9.17, 15) is 4.79 Å². The molecule has 10 aliphatic rings. The first-order valence-corrected chi connectivity index (χ1v) is 21.3. The zero-order valence-electron chi connectivity index (χ0n) is 34.8. The van der Waals surface area contributed by atoms with Gasteiger partial charge in [-0.2, -0.15) is 26.3 Å². The van der Waals surface area contributed by atoms with Crippen LogP contribution in [0.4, 0.5) is 26.3 Å². The van der Waals surface area contributed by atoms with Gasteiger partial charge in [0.25, 0.3) is 11.6 Å². The van der Waals surface area contributed by atoms with Gasteiger partial charge in [0, 0.05) is 49.6 Å². The third-order valence-corrected chi connectivity index (χ3v) is 15.4. The first kappa shape index (κ1) is 44.2. The Morgan fingerprint density at radius 2 is 1.05 bits per heavy atom. The van der Waals surface area contributed by atoms with Gasteiger partial charge in [-0.3, -0.25) is 9.69 Å². The molecule has 13 nitrogen and oxygen atoms in total. The van der Waals surface area contributed by atoms with Crippen molar-refractivity contribution in [3.63, 3.8) is 0 Å². The van der Waals surface area contributed by atoms with Gasteiger partial charge in [0.05, 0.1) is 26.4 Å². The lowest BCUT2D eigenvalue weighted by atomic mass is 9.57. The van der Waals surface area contributed by atoms with Crippen LogP contribution in [0.5, 0.6) is 0 Å². The summed E-state index contributed by atoms with van der Waals surface area (Å²) >= 11 is 0. The summed E-state index contributed by atoms with van der Waals surface area (Å²) in [5.41, 5.74) is -2.58. The average Bonchev–Trinajstić information content (AvgIpc) is 3.52. The molecule has 0 aromatic carbocycles. The van der Waals surface area contributed by atoms with Gasteiger partial charge in [0.2, 0.25) is 11.6 Å². The minimum Gasteiger partial charge on any atom is -0.465 e. The highest BCUT2D eigenvalue weighted by molar-refractivity contribution is 5.71. The second-order valence-corrected chi connectivity index (χ2v) is 18.7. The molecule has 8 saturated heterocycles. The maximum Gasteiger partial charge on any atom is 0.443 e. The Kier molecular flexibility index (Phi) is 11.3. The van der Waals surface area contributed by atoms with E-state index in [2.05, 4.69) is 0 Å². The number of nitrogens with zero attached hydrogens (tertiary/aromatic N) is 1. The van der Waals surface area contributed by atoms with E-state index in [1.807, 2.05) is 13.8 Å². The van der Waals surface area contributed by atoms with Crippen LogP contribution in [0.3, 0.4) is 0 Å². The Bertz CT molecular complexity index is 1480. The third-order valence-electron chi connectivity index (χ3n) is 15.4. The molecule has 4 bridgehead atoms. The standard InChI is InChI=1S/C40H59F6NO12/c1-8-49-30(48)21-47(17-19-50-37(39(41,42)43)24(4)28-11-9-22(2)26-13-15-33(6)52-31(54-37)35(26,28)58-56-33)18-20-51-38(40(44,45)46)25(5)29-12-10-23(3)27-14-16-34(7)53-32(55-38)36(27,29)59-57-34/h22-29,31-32H,8-21H2,1-7H3/t22-,23-,24-,25-,26+,27+,28+,29+,31+,32+,33+,34+,35-,36-,37-,38-/m1/s1. The van der Waals surface area contributed by atoms with Gasteiger partial charge in [-0.25, -0.2) is 19.6 Å². The van der Waals surface area contributed by atoms with Gasteiger partial charge in [-0.1, -0.05) is 27.7 Å². The van der Waals surface area contributed by atoms with E-state index in [4.69, 9.17) is 52.7 Å². The van der Waals surface area contributed by atoms with Crippen molar-refractivity contribution in [1.29, 1.82) is 0 Å². The van der Waals surface area contributed by atoms with Gasteiger partial charge in [0.1, 0.15) is 0 Å². The largest absolute Gasteiger partial charge is 0.465 e. The number of hydrogen-bond acceptors (Lipinski definition) is 13. The van der Waals surface area contributed by atoms with E-state index >= 15 is 26.3 Å². The van der Waals surface area contributed by atoms with E-state index in [1.165, 1.54) is 18.7 Å². The highest BCUT2D eigenvalue weighted by Gasteiger charge is 2.79. The summed E-state index contributed by atoms with van der Waals surface area (Å²) in [5.74, 6) is -13.9. The van der Waals surface area contributed by atoms with Gasteiger partial charge in [0.15, 0.2) is 23.8 Å². The summed E-state index contributed by atoms with van der Waals surface area (Å²) in [6.07, 6.45) is -8.94. The van der Waals surface area contributed by atoms with Gasteiger partial charge >= 0.3 is 18.3 Å². The van der Waals surface area contributed by atoms with Crippen LogP contribution in [0.1, 0.15) is 99.8 Å². The maximum atomic E-state index is 15.5. The second-order valence-electron chi connectivity index (χ2n) is 18.7. The number of fused-ring (bicyclic) bond motifs is 4. The van der Waals surface area contributed by atoms with Crippen molar-refractivity contribution in [3.8, 4) is 0 Å². The van der Waals surface area contributed by atoms with E-state index in [1.54, 1.807) is 20.8 Å². The molecule has 59 heavy (non-hydrogen) atoms. The number of rotatable bonds is 11. The van der Waals surface area contributed by atoms with E-state index < -0.39 is 109 Å². The van der Waals surface area contributed by atoms with Crippen molar-refractivity contribution in [1.82, 2.24) is 4.90 Å². The van der Waals surface area contributed by atoms with Crippen LogP contribution < -0.4 is 0 Å². The van der Waals surface area contributed by atoms with Crippen LogP contribution in [0, 0.1) is 47.3 Å². The fraction of sp³-hybridized carbons (Fsp3) is 0.975. The molecule has 0 aromatic rings. The van der Waals surface area contributed by atoms with E-state index in [-0.39, 0.29) is 43.4 Å². The predicted octanol–water partition coefficient (Wildman–Crippen LogP) is 7.17. The summed E-state index contributed by atoms with van der Waals surface area (Å²) < 4.78 is 134. The van der Waals surface area contributed by atoms with Crippen molar-refractivity contribution in [2.75, 3.05) is 39.5 Å². The number of carbonyl (C=O) groups is 1. The quantitative estimate of drug-likeness (QED) is 0.119.